The van der Waals surface area contributed by atoms with E-state index in [0.717, 1.165) is 59.9 Å². The third kappa shape index (κ3) is 7.45. The van der Waals surface area contributed by atoms with Crippen molar-refractivity contribution in [2.24, 2.45) is 53.3 Å². The average molecular weight is 613 g/mol. The first kappa shape index (κ1) is 29.7. The molecule has 4 saturated carbocycles. The number of unbranched alkanes of at least 4 members (excludes halogenated alkanes) is 3. The Kier molecular flexibility index (Phi) is 12.7. The largest absolute Gasteiger partial charge is 0.378 e. The molecule has 0 spiro atoms. The lowest BCUT2D eigenvalue weighted by Gasteiger charge is -2.55. The van der Waals surface area contributed by atoms with Gasteiger partial charge < -0.3 is 4.74 Å². The monoisotopic (exact) mass is 612 g/mol. The summed E-state index contributed by atoms with van der Waals surface area (Å²) in [6.07, 6.45) is 28.4. The van der Waals surface area contributed by atoms with Gasteiger partial charge >= 0.3 is 0 Å². The quantitative estimate of drug-likeness (QED) is 0.114. The van der Waals surface area contributed by atoms with Crippen molar-refractivity contribution >= 4 is 22.6 Å². The van der Waals surface area contributed by atoms with Crippen molar-refractivity contribution in [2.75, 3.05) is 11.0 Å². The molecule has 0 aromatic rings. The number of alkyl halides is 1. The van der Waals surface area contributed by atoms with E-state index in [1.807, 2.05) is 0 Å². The molecule has 10 atom stereocenters. The van der Waals surface area contributed by atoms with Gasteiger partial charge in [-0.25, -0.2) is 0 Å². The first-order valence-electron chi connectivity index (χ1n) is 16.8. The molecule has 0 aliphatic heterocycles. The van der Waals surface area contributed by atoms with Gasteiger partial charge in [0, 0.05) is 4.43 Å². The van der Waals surface area contributed by atoms with Crippen molar-refractivity contribution in [1.82, 2.24) is 0 Å². The van der Waals surface area contributed by atoms with E-state index in [2.05, 4.69) is 43.4 Å². The molecule has 2 heteroatoms. The molecule has 0 saturated heterocycles. The number of fused-ring (bicyclic) bond motifs is 2. The summed E-state index contributed by atoms with van der Waals surface area (Å²) in [5.41, 5.74) is 0. The second-order valence-corrected chi connectivity index (χ2v) is 14.8. The maximum Gasteiger partial charge on any atom is 0.0609 e. The van der Waals surface area contributed by atoms with Gasteiger partial charge in [0.25, 0.3) is 0 Å². The smallest absolute Gasteiger partial charge is 0.0609 e. The normalized spacial score (nSPS) is 38.7. The summed E-state index contributed by atoms with van der Waals surface area (Å²) in [4.78, 5) is 0. The third-order valence-electron chi connectivity index (χ3n) is 11.7. The minimum Gasteiger partial charge on any atom is -0.378 e. The molecule has 4 aliphatic carbocycles. The van der Waals surface area contributed by atoms with Crippen molar-refractivity contribution < 1.29 is 4.74 Å². The lowest BCUT2D eigenvalue weighted by atomic mass is 9.51. The van der Waals surface area contributed by atoms with E-state index < -0.39 is 0 Å². The summed E-state index contributed by atoms with van der Waals surface area (Å²) in [5, 5.41) is 0. The summed E-state index contributed by atoms with van der Waals surface area (Å²) in [5.74, 6) is 8.46. The van der Waals surface area contributed by atoms with Gasteiger partial charge in [-0.1, -0.05) is 133 Å². The molecule has 36 heavy (non-hydrogen) atoms. The van der Waals surface area contributed by atoms with Gasteiger partial charge in [-0.05, 0) is 85.4 Å². The zero-order chi connectivity index (χ0) is 25.3. The van der Waals surface area contributed by atoms with E-state index in [0.29, 0.717) is 6.10 Å². The molecular weight excluding hydrogens is 551 g/mol. The number of hydrogen-bond acceptors (Lipinski definition) is 1. The van der Waals surface area contributed by atoms with Crippen molar-refractivity contribution in [3.05, 3.63) is 0 Å². The predicted molar refractivity (Wildman–Crippen MR) is 165 cm³/mol. The number of ether oxygens (including phenoxy) is 1. The van der Waals surface area contributed by atoms with Crippen LogP contribution in [0.1, 0.15) is 143 Å². The van der Waals surface area contributed by atoms with Crippen LogP contribution in [-0.4, -0.2) is 17.1 Å². The maximum absolute atomic E-state index is 7.23. The molecule has 0 aromatic carbocycles. The van der Waals surface area contributed by atoms with E-state index in [1.165, 1.54) is 126 Å². The Morgan fingerprint density at radius 3 is 2.00 bits per heavy atom. The Labute approximate surface area is 239 Å². The van der Waals surface area contributed by atoms with Crippen LogP contribution in [-0.2, 0) is 4.74 Å². The van der Waals surface area contributed by atoms with Crippen molar-refractivity contribution in [2.45, 2.75) is 149 Å². The van der Waals surface area contributed by atoms with E-state index in [4.69, 9.17) is 4.74 Å². The highest BCUT2D eigenvalue weighted by atomic mass is 127. The van der Waals surface area contributed by atoms with Crippen LogP contribution >= 0.6 is 22.6 Å². The lowest BCUT2D eigenvalue weighted by molar-refractivity contribution is -0.129. The van der Waals surface area contributed by atoms with Gasteiger partial charge in [-0.2, -0.15) is 0 Å². The molecule has 0 bridgehead atoms. The SMILES string of the molecule is CCCCCCC(CCC)C(CI)COC1CCC2CCCCC2C1C1C(C)CCC2CCCCC21. The Morgan fingerprint density at radius 2 is 1.33 bits per heavy atom. The highest BCUT2D eigenvalue weighted by Gasteiger charge is 2.51. The average Bonchev–Trinajstić information content (AvgIpc) is 2.91. The molecule has 10 unspecified atom stereocenters. The summed E-state index contributed by atoms with van der Waals surface area (Å²) in [6.45, 7) is 8.44. The van der Waals surface area contributed by atoms with Crippen LogP contribution in [0.3, 0.4) is 0 Å². The highest BCUT2D eigenvalue weighted by molar-refractivity contribution is 14.1. The van der Waals surface area contributed by atoms with Gasteiger partial charge in [0.1, 0.15) is 0 Å². The van der Waals surface area contributed by atoms with Gasteiger partial charge in [0.05, 0.1) is 12.7 Å². The predicted octanol–water partition coefficient (Wildman–Crippen LogP) is 10.9. The van der Waals surface area contributed by atoms with Gasteiger partial charge in [-0.15, -0.1) is 0 Å². The fourth-order valence-corrected chi connectivity index (χ4v) is 10.9. The van der Waals surface area contributed by atoms with Crippen molar-refractivity contribution in [3.8, 4) is 0 Å². The highest BCUT2D eigenvalue weighted by Crippen LogP contribution is 2.56. The second kappa shape index (κ2) is 15.5. The standard InChI is InChI=1S/C34H61IO/c1-4-6-7-8-14-26(13-5-2)29(23-35)24-36-32-22-21-28-16-10-12-18-31(28)34(32)33-25(3)19-20-27-15-9-11-17-30(27)33/h25-34H,4-24H2,1-3H3. The topological polar surface area (TPSA) is 9.23 Å². The minimum atomic E-state index is 0.560. The van der Waals surface area contributed by atoms with Crippen molar-refractivity contribution in [1.29, 1.82) is 0 Å². The van der Waals surface area contributed by atoms with Gasteiger partial charge in [-0.3, -0.25) is 0 Å². The Balaban J connectivity index is 1.47. The van der Waals surface area contributed by atoms with E-state index >= 15 is 0 Å². The van der Waals surface area contributed by atoms with Crippen LogP contribution in [0.15, 0.2) is 0 Å². The summed E-state index contributed by atoms with van der Waals surface area (Å²) in [7, 11) is 0. The zero-order valence-corrected chi connectivity index (χ0v) is 26.6. The van der Waals surface area contributed by atoms with Crippen LogP contribution in [0, 0.1) is 53.3 Å². The summed E-state index contributed by atoms with van der Waals surface area (Å²) in [6, 6.07) is 0. The summed E-state index contributed by atoms with van der Waals surface area (Å²) < 4.78 is 8.51. The van der Waals surface area contributed by atoms with Gasteiger partial charge in [0.15, 0.2) is 0 Å². The summed E-state index contributed by atoms with van der Waals surface area (Å²) >= 11 is 2.69. The molecule has 210 valence electrons. The molecule has 0 amide bonds. The number of halogens is 1. The number of rotatable bonds is 13. The van der Waals surface area contributed by atoms with Crippen LogP contribution in [0.2, 0.25) is 0 Å². The van der Waals surface area contributed by atoms with E-state index in [-0.39, 0.29) is 0 Å². The lowest BCUT2D eigenvalue weighted by Crippen LogP contribution is -2.51. The van der Waals surface area contributed by atoms with Crippen LogP contribution < -0.4 is 0 Å². The fraction of sp³-hybridized carbons (Fsp3) is 1.00. The molecule has 0 N–H and O–H groups in total. The third-order valence-corrected chi connectivity index (χ3v) is 12.9. The van der Waals surface area contributed by atoms with Crippen LogP contribution in [0.4, 0.5) is 0 Å². The van der Waals surface area contributed by atoms with Crippen molar-refractivity contribution in [3.63, 3.8) is 0 Å². The first-order valence-corrected chi connectivity index (χ1v) is 18.4. The Hall–Kier alpha value is 0.690. The van der Waals surface area contributed by atoms with Crippen LogP contribution in [0.5, 0.6) is 0 Å². The first-order chi connectivity index (χ1) is 17.7. The second-order valence-electron chi connectivity index (χ2n) is 13.9. The zero-order valence-electron chi connectivity index (χ0n) is 24.4. The number of hydrogen-bond donors (Lipinski definition) is 0. The Morgan fingerprint density at radius 1 is 0.667 bits per heavy atom. The van der Waals surface area contributed by atoms with E-state index in [9.17, 15) is 0 Å². The minimum absolute atomic E-state index is 0.560. The van der Waals surface area contributed by atoms with E-state index in [1.54, 1.807) is 0 Å². The fourth-order valence-electron chi connectivity index (χ4n) is 9.91. The molecule has 4 rings (SSSR count). The Bertz CT molecular complexity index is 606. The molecule has 0 radical (unpaired) electrons. The maximum atomic E-state index is 7.23. The molecule has 4 aliphatic rings. The molecule has 1 nitrogen and oxygen atoms in total. The van der Waals surface area contributed by atoms with Crippen LogP contribution in [0.25, 0.3) is 0 Å². The molecule has 4 fully saturated rings. The van der Waals surface area contributed by atoms with Gasteiger partial charge in [0.2, 0.25) is 0 Å². The molecular formula is C34H61IO. The molecule has 0 heterocycles. The molecule has 0 aromatic heterocycles.